The fourth-order valence-corrected chi connectivity index (χ4v) is 2.78. The van der Waals surface area contributed by atoms with Gasteiger partial charge in [-0.15, -0.1) is 0 Å². The molecule has 0 radical (unpaired) electrons. The Morgan fingerprint density at radius 1 is 0.926 bits per heavy atom. The molecule has 2 atom stereocenters. The first-order valence-electron chi connectivity index (χ1n) is 9.22. The summed E-state index contributed by atoms with van der Waals surface area (Å²) in [4.78, 5) is 24.4. The number of imide groups is 1. The molecule has 27 heavy (non-hydrogen) atoms. The smallest absolute Gasteiger partial charge is 0.321 e. The monoisotopic (exact) mass is 367 g/mol. The van der Waals surface area contributed by atoms with Gasteiger partial charge in [0.25, 0.3) is 0 Å². The van der Waals surface area contributed by atoms with Crippen molar-refractivity contribution in [3.8, 4) is 0 Å². The lowest BCUT2D eigenvalue weighted by Crippen LogP contribution is -2.52. The maximum absolute atomic E-state index is 12.4. The van der Waals surface area contributed by atoms with Crippen molar-refractivity contribution in [2.75, 3.05) is 0 Å². The van der Waals surface area contributed by atoms with Crippen molar-refractivity contribution in [3.63, 3.8) is 0 Å². The fourth-order valence-electron chi connectivity index (χ4n) is 2.78. The highest BCUT2D eigenvalue weighted by Gasteiger charge is 2.22. The van der Waals surface area contributed by atoms with Gasteiger partial charge in [0.1, 0.15) is 0 Å². The molecule has 144 valence electrons. The minimum atomic E-state index is -0.523. The Kier molecular flexibility index (Phi) is 7.13. The lowest BCUT2D eigenvalue weighted by Gasteiger charge is -2.25. The molecule has 0 aromatic heterocycles. The van der Waals surface area contributed by atoms with E-state index in [4.69, 9.17) is 0 Å². The lowest BCUT2D eigenvalue weighted by molar-refractivity contribution is -0.121. The van der Waals surface area contributed by atoms with E-state index in [0.29, 0.717) is 0 Å². The summed E-state index contributed by atoms with van der Waals surface area (Å²) < 4.78 is 0. The van der Waals surface area contributed by atoms with Crippen LogP contribution in [0.2, 0.25) is 0 Å². The first-order valence-corrected chi connectivity index (χ1v) is 9.22. The Hall–Kier alpha value is -2.66. The molecule has 0 aliphatic rings. The van der Waals surface area contributed by atoms with Gasteiger partial charge < -0.3 is 5.32 Å². The van der Waals surface area contributed by atoms with Gasteiger partial charge in [-0.1, -0.05) is 60.7 Å². The number of hydrogen-bond donors (Lipinski definition) is 3. The maximum atomic E-state index is 12.4. The number of hydrogen-bond acceptors (Lipinski definition) is 3. The first kappa shape index (κ1) is 20.6. The molecule has 0 bridgehead atoms. The average Bonchev–Trinajstić information content (AvgIpc) is 2.61. The molecule has 0 heterocycles. The highest BCUT2D eigenvalue weighted by atomic mass is 16.2. The second kappa shape index (κ2) is 9.33. The number of amides is 3. The standard InChI is InChI=1S/C22H29N3O2/c1-16(20(26)24-21(27)25-22(2,3)4)23-19(18-13-9-6-10-14-18)15-17-11-7-5-8-12-17/h5-14,16,19,23H,15H2,1-4H3,(H2,24,25,26,27)/t16-,19-/m0/s1. The molecule has 2 aromatic carbocycles. The molecule has 0 saturated carbocycles. The Bertz CT molecular complexity index is 739. The summed E-state index contributed by atoms with van der Waals surface area (Å²) in [7, 11) is 0. The normalized spacial score (nSPS) is 13.5. The third-order valence-electron chi connectivity index (χ3n) is 4.05. The van der Waals surface area contributed by atoms with Crippen LogP contribution in [-0.4, -0.2) is 23.5 Å². The molecule has 3 amide bonds. The number of rotatable bonds is 6. The van der Waals surface area contributed by atoms with Crippen LogP contribution in [0.25, 0.3) is 0 Å². The van der Waals surface area contributed by atoms with Crippen molar-refractivity contribution in [1.82, 2.24) is 16.0 Å². The first-order chi connectivity index (χ1) is 12.7. The zero-order valence-electron chi connectivity index (χ0n) is 16.5. The summed E-state index contributed by atoms with van der Waals surface area (Å²) in [5.41, 5.74) is 1.87. The van der Waals surface area contributed by atoms with Crippen molar-refractivity contribution in [1.29, 1.82) is 0 Å². The quantitative estimate of drug-likeness (QED) is 0.731. The van der Waals surface area contributed by atoms with Crippen LogP contribution in [0.3, 0.4) is 0 Å². The van der Waals surface area contributed by atoms with E-state index in [-0.39, 0.29) is 11.9 Å². The predicted molar refractivity (Wildman–Crippen MR) is 108 cm³/mol. The summed E-state index contributed by atoms with van der Waals surface area (Å²) in [6.45, 7) is 7.36. The summed E-state index contributed by atoms with van der Waals surface area (Å²) in [5, 5.41) is 8.49. The van der Waals surface area contributed by atoms with Crippen molar-refractivity contribution >= 4 is 11.9 Å². The van der Waals surface area contributed by atoms with Gasteiger partial charge in [0.05, 0.1) is 6.04 Å². The van der Waals surface area contributed by atoms with E-state index in [9.17, 15) is 9.59 Å². The van der Waals surface area contributed by atoms with Crippen LogP contribution in [0.4, 0.5) is 4.79 Å². The number of carbonyl (C=O) groups is 2. The molecule has 0 unspecified atom stereocenters. The van der Waals surface area contributed by atoms with Crippen molar-refractivity contribution in [3.05, 3.63) is 71.8 Å². The van der Waals surface area contributed by atoms with E-state index < -0.39 is 17.6 Å². The van der Waals surface area contributed by atoms with Crippen molar-refractivity contribution < 1.29 is 9.59 Å². The second-order valence-corrected chi connectivity index (χ2v) is 7.73. The zero-order valence-corrected chi connectivity index (χ0v) is 16.5. The molecular weight excluding hydrogens is 338 g/mol. The van der Waals surface area contributed by atoms with Crippen LogP contribution in [-0.2, 0) is 11.2 Å². The number of benzene rings is 2. The zero-order chi connectivity index (χ0) is 19.9. The predicted octanol–water partition coefficient (Wildman–Crippen LogP) is 3.57. The number of urea groups is 1. The van der Waals surface area contributed by atoms with E-state index >= 15 is 0 Å². The topological polar surface area (TPSA) is 70.2 Å². The maximum Gasteiger partial charge on any atom is 0.321 e. The Labute approximate surface area is 161 Å². The molecular formula is C22H29N3O2. The molecule has 0 aliphatic heterocycles. The van der Waals surface area contributed by atoms with Crippen molar-refractivity contribution in [2.24, 2.45) is 0 Å². The summed E-state index contributed by atoms with van der Waals surface area (Å²) in [6, 6.07) is 19.1. The minimum Gasteiger partial charge on any atom is -0.333 e. The van der Waals surface area contributed by atoms with Crippen LogP contribution in [0, 0.1) is 0 Å². The van der Waals surface area contributed by atoms with Crippen LogP contribution in [0.15, 0.2) is 60.7 Å². The number of carbonyl (C=O) groups excluding carboxylic acids is 2. The largest absolute Gasteiger partial charge is 0.333 e. The Morgan fingerprint density at radius 2 is 1.48 bits per heavy atom. The highest BCUT2D eigenvalue weighted by molar-refractivity contribution is 5.97. The van der Waals surface area contributed by atoms with Gasteiger partial charge in [-0.3, -0.25) is 15.4 Å². The Morgan fingerprint density at radius 3 is 2.04 bits per heavy atom. The van der Waals surface area contributed by atoms with Crippen LogP contribution >= 0.6 is 0 Å². The molecule has 0 spiro atoms. The Balaban J connectivity index is 2.05. The van der Waals surface area contributed by atoms with Gasteiger partial charge in [-0.05, 0) is 45.2 Å². The SMILES string of the molecule is C[C@H](N[C@@H](Cc1ccccc1)c1ccccc1)C(=O)NC(=O)NC(C)(C)C. The van der Waals surface area contributed by atoms with E-state index in [0.717, 1.165) is 12.0 Å². The lowest BCUT2D eigenvalue weighted by atomic mass is 9.98. The summed E-state index contributed by atoms with van der Waals surface area (Å²) in [5.74, 6) is -0.356. The molecule has 5 nitrogen and oxygen atoms in total. The molecule has 3 N–H and O–H groups in total. The molecule has 5 heteroatoms. The minimum absolute atomic E-state index is 0.0416. The average molecular weight is 367 g/mol. The van der Waals surface area contributed by atoms with Gasteiger partial charge in [0.2, 0.25) is 5.91 Å². The van der Waals surface area contributed by atoms with E-state index in [1.807, 2.05) is 69.3 Å². The summed E-state index contributed by atoms with van der Waals surface area (Å²) >= 11 is 0. The third kappa shape index (κ3) is 7.23. The van der Waals surface area contributed by atoms with Gasteiger partial charge >= 0.3 is 6.03 Å². The van der Waals surface area contributed by atoms with Gasteiger partial charge in [0.15, 0.2) is 0 Å². The van der Waals surface area contributed by atoms with Crippen LogP contribution < -0.4 is 16.0 Å². The third-order valence-corrected chi connectivity index (χ3v) is 4.05. The molecule has 2 rings (SSSR count). The van der Waals surface area contributed by atoms with E-state index in [1.165, 1.54) is 5.56 Å². The molecule has 0 aliphatic carbocycles. The van der Waals surface area contributed by atoms with Gasteiger partial charge in [-0.25, -0.2) is 4.79 Å². The number of nitrogens with one attached hydrogen (secondary N) is 3. The van der Waals surface area contributed by atoms with E-state index in [2.05, 4.69) is 28.1 Å². The van der Waals surface area contributed by atoms with E-state index in [1.54, 1.807) is 6.92 Å². The van der Waals surface area contributed by atoms with Gasteiger partial charge in [-0.2, -0.15) is 0 Å². The van der Waals surface area contributed by atoms with Crippen LogP contribution in [0.1, 0.15) is 44.9 Å². The molecule has 0 saturated heterocycles. The van der Waals surface area contributed by atoms with Crippen LogP contribution in [0.5, 0.6) is 0 Å². The molecule has 0 fully saturated rings. The summed E-state index contributed by atoms with van der Waals surface area (Å²) in [6.07, 6.45) is 0.747. The fraction of sp³-hybridized carbons (Fsp3) is 0.364. The highest BCUT2D eigenvalue weighted by Crippen LogP contribution is 2.19. The second-order valence-electron chi connectivity index (χ2n) is 7.73. The van der Waals surface area contributed by atoms with Crippen molar-refractivity contribution in [2.45, 2.75) is 51.7 Å². The molecule has 2 aromatic rings. The van der Waals surface area contributed by atoms with Gasteiger partial charge in [0, 0.05) is 11.6 Å².